The van der Waals surface area contributed by atoms with Gasteiger partial charge in [0.2, 0.25) is 0 Å². The predicted molar refractivity (Wildman–Crippen MR) is 212 cm³/mol. The second-order valence-corrected chi connectivity index (χ2v) is 13.2. The largest absolute Gasteiger partial charge is 0.374 e. The van der Waals surface area contributed by atoms with E-state index in [4.69, 9.17) is 28.4 Å². The lowest BCUT2D eigenvalue weighted by Crippen LogP contribution is -2.52. The first kappa shape index (κ1) is 38.8. The molecule has 0 aliphatic carbocycles. The van der Waals surface area contributed by atoms with E-state index in [-0.39, 0.29) is 13.2 Å². The molecule has 6 aromatic carbocycles. The van der Waals surface area contributed by atoms with E-state index < -0.39 is 24.4 Å². The molecule has 0 aliphatic heterocycles. The lowest BCUT2D eigenvalue weighted by molar-refractivity contribution is -0.208. The first-order chi connectivity index (χ1) is 26.8. The smallest absolute Gasteiger partial charge is 0.115 e. The molecule has 0 fully saturated rings. The Labute approximate surface area is 320 Å². The molecule has 0 saturated heterocycles. The fraction of sp³-hybridized carbons (Fsp3) is 0.250. The van der Waals surface area contributed by atoms with Gasteiger partial charge in [0.05, 0.1) is 52.9 Å². The fourth-order valence-electron chi connectivity index (χ4n) is 6.13. The summed E-state index contributed by atoms with van der Waals surface area (Å²) < 4.78 is 40.4. The Balaban J connectivity index is 1.34. The van der Waals surface area contributed by atoms with E-state index in [0.29, 0.717) is 39.6 Å². The summed E-state index contributed by atoms with van der Waals surface area (Å²) in [5.41, 5.74) is 6.35. The van der Waals surface area contributed by atoms with Crippen LogP contribution in [0.15, 0.2) is 182 Å². The Morgan fingerprint density at radius 1 is 0.259 bits per heavy atom. The Morgan fingerprint density at radius 3 is 0.741 bits per heavy atom. The Kier molecular flexibility index (Phi) is 16.0. The number of rotatable bonds is 23. The van der Waals surface area contributed by atoms with Crippen LogP contribution in [0.4, 0.5) is 0 Å². The molecule has 0 bridgehead atoms. The molecular weight excluding hydrogens is 673 g/mol. The average molecular weight is 723 g/mol. The molecule has 0 heterocycles. The van der Waals surface area contributed by atoms with E-state index in [1.165, 1.54) is 0 Å². The summed E-state index contributed by atoms with van der Waals surface area (Å²) in [5, 5.41) is 0. The predicted octanol–water partition coefficient (Wildman–Crippen LogP) is 9.76. The van der Waals surface area contributed by atoms with Gasteiger partial charge >= 0.3 is 0 Å². The highest BCUT2D eigenvalue weighted by Gasteiger charge is 2.39. The standard InChI is InChI=1S/C48H50O6/c1-7-19-39(20-8-1)31-49-37-45(51-33-41-23-11-3-12-24-41)47(53-35-43-27-15-5-16-28-43)48(54-36-44-29-17-6-18-30-44)46(52-34-42-25-13-4-14-26-42)38-50-32-40-21-9-2-10-22-40/h1-30,45-48H,31-38H2/t45-,46+,47-,48-/m0/s1. The summed E-state index contributed by atoms with van der Waals surface area (Å²) in [7, 11) is 0. The van der Waals surface area contributed by atoms with E-state index >= 15 is 0 Å². The van der Waals surface area contributed by atoms with Crippen LogP contribution in [0.1, 0.15) is 33.4 Å². The van der Waals surface area contributed by atoms with Gasteiger partial charge in [-0.2, -0.15) is 0 Å². The van der Waals surface area contributed by atoms with Crippen molar-refractivity contribution in [1.82, 2.24) is 0 Å². The SMILES string of the molecule is c1ccc(COC[C@H](OCc2ccccc2)[C@H](OCc2ccccc2)[C@@H](OCc2ccccc2)[C@@H](COCc2ccccc2)OCc2ccccc2)cc1. The molecule has 0 aromatic heterocycles. The quantitative estimate of drug-likeness (QED) is 0.0657. The average Bonchev–Trinajstić information content (AvgIpc) is 3.24. The lowest BCUT2D eigenvalue weighted by Gasteiger charge is -2.37. The van der Waals surface area contributed by atoms with Crippen LogP contribution in [0.3, 0.4) is 0 Å². The van der Waals surface area contributed by atoms with E-state index in [1.807, 2.05) is 109 Å². The van der Waals surface area contributed by atoms with Crippen molar-refractivity contribution in [2.75, 3.05) is 13.2 Å². The third kappa shape index (κ3) is 13.2. The van der Waals surface area contributed by atoms with Gasteiger partial charge in [0, 0.05) is 0 Å². The van der Waals surface area contributed by atoms with Crippen LogP contribution in [-0.2, 0) is 68.1 Å². The Morgan fingerprint density at radius 2 is 0.481 bits per heavy atom. The van der Waals surface area contributed by atoms with E-state index in [9.17, 15) is 0 Å². The third-order valence-corrected chi connectivity index (χ3v) is 9.03. The number of ether oxygens (including phenoxy) is 6. The number of hydrogen-bond donors (Lipinski definition) is 0. The van der Waals surface area contributed by atoms with Gasteiger partial charge in [-0.3, -0.25) is 0 Å². The van der Waals surface area contributed by atoms with Gasteiger partial charge < -0.3 is 28.4 Å². The van der Waals surface area contributed by atoms with Gasteiger partial charge in [-0.15, -0.1) is 0 Å². The second kappa shape index (κ2) is 22.3. The van der Waals surface area contributed by atoms with Crippen molar-refractivity contribution in [3.8, 4) is 0 Å². The molecule has 0 N–H and O–H groups in total. The minimum absolute atomic E-state index is 0.267. The zero-order valence-corrected chi connectivity index (χ0v) is 30.7. The summed E-state index contributed by atoms with van der Waals surface area (Å²) >= 11 is 0. The van der Waals surface area contributed by atoms with Crippen molar-refractivity contribution in [2.45, 2.75) is 64.1 Å². The maximum atomic E-state index is 6.96. The molecular formula is C48H50O6. The summed E-state index contributed by atoms with van der Waals surface area (Å²) in [4.78, 5) is 0. The topological polar surface area (TPSA) is 55.4 Å². The minimum atomic E-state index is -0.616. The monoisotopic (exact) mass is 722 g/mol. The van der Waals surface area contributed by atoms with E-state index in [0.717, 1.165) is 33.4 Å². The maximum absolute atomic E-state index is 6.96. The molecule has 6 nitrogen and oxygen atoms in total. The van der Waals surface area contributed by atoms with Crippen LogP contribution in [0.2, 0.25) is 0 Å². The fourth-order valence-corrected chi connectivity index (χ4v) is 6.13. The Hall–Kier alpha value is -4.92. The van der Waals surface area contributed by atoms with Crippen molar-refractivity contribution in [1.29, 1.82) is 0 Å². The summed E-state index contributed by atoms with van der Waals surface area (Å²) in [5.74, 6) is 0. The van der Waals surface area contributed by atoms with Crippen LogP contribution in [0.25, 0.3) is 0 Å². The highest BCUT2D eigenvalue weighted by Crippen LogP contribution is 2.25. The maximum Gasteiger partial charge on any atom is 0.115 e. The zero-order chi connectivity index (χ0) is 36.9. The normalized spacial score (nSPS) is 13.6. The molecule has 0 spiro atoms. The highest BCUT2D eigenvalue weighted by atomic mass is 16.6. The molecule has 4 atom stereocenters. The molecule has 0 unspecified atom stereocenters. The zero-order valence-electron chi connectivity index (χ0n) is 30.7. The van der Waals surface area contributed by atoms with Gasteiger partial charge in [-0.25, -0.2) is 0 Å². The molecule has 6 heteroatoms. The summed E-state index contributed by atoms with van der Waals surface area (Å²) in [6.07, 6.45) is -2.30. The molecule has 278 valence electrons. The van der Waals surface area contributed by atoms with Crippen LogP contribution in [0, 0.1) is 0 Å². The van der Waals surface area contributed by atoms with Crippen molar-refractivity contribution < 1.29 is 28.4 Å². The molecule has 6 aromatic rings. The van der Waals surface area contributed by atoms with Crippen LogP contribution < -0.4 is 0 Å². The lowest BCUT2D eigenvalue weighted by atomic mass is 10.0. The Bertz CT molecular complexity index is 1690. The molecule has 6 rings (SSSR count). The van der Waals surface area contributed by atoms with Crippen molar-refractivity contribution in [2.24, 2.45) is 0 Å². The van der Waals surface area contributed by atoms with Gasteiger partial charge in [0.15, 0.2) is 0 Å². The first-order valence-electron chi connectivity index (χ1n) is 18.7. The van der Waals surface area contributed by atoms with Crippen molar-refractivity contribution in [3.05, 3.63) is 215 Å². The first-order valence-corrected chi connectivity index (χ1v) is 18.7. The molecule has 54 heavy (non-hydrogen) atoms. The number of benzene rings is 6. The number of hydrogen-bond acceptors (Lipinski definition) is 6. The van der Waals surface area contributed by atoms with Crippen molar-refractivity contribution >= 4 is 0 Å². The van der Waals surface area contributed by atoms with E-state index in [1.54, 1.807) is 0 Å². The third-order valence-electron chi connectivity index (χ3n) is 9.03. The second-order valence-electron chi connectivity index (χ2n) is 13.2. The van der Waals surface area contributed by atoms with Gasteiger partial charge in [-0.05, 0) is 33.4 Å². The van der Waals surface area contributed by atoms with Crippen LogP contribution in [0.5, 0.6) is 0 Å². The highest BCUT2D eigenvalue weighted by molar-refractivity contribution is 5.17. The van der Waals surface area contributed by atoms with Crippen molar-refractivity contribution in [3.63, 3.8) is 0 Å². The van der Waals surface area contributed by atoms with Gasteiger partial charge in [0.1, 0.15) is 24.4 Å². The van der Waals surface area contributed by atoms with Crippen LogP contribution >= 0.6 is 0 Å². The molecule has 0 radical (unpaired) electrons. The summed E-state index contributed by atoms with van der Waals surface area (Å²) in [6, 6.07) is 61.0. The van der Waals surface area contributed by atoms with Gasteiger partial charge in [-0.1, -0.05) is 182 Å². The summed E-state index contributed by atoms with van der Waals surface area (Å²) in [6.45, 7) is 2.83. The molecule has 0 aliphatic rings. The van der Waals surface area contributed by atoms with Crippen LogP contribution in [-0.4, -0.2) is 37.6 Å². The van der Waals surface area contributed by atoms with E-state index in [2.05, 4.69) is 72.8 Å². The minimum Gasteiger partial charge on any atom is -0.374 e. The molecule has 0 amide bonds. The van der Waals surface area contributed by atoms with Gasteiger partial charge in [0.25, 0.3) is 0 Å². The molecule has 0 saturated carbocycles.